The first-order chi connectivity index (χ1) is 7.86. The van der Waals surface area contributed by atoms with Crippen LogP contribution in [0.5, 0.6) is 0 Å². The van der Waals surface area contributed by atoms with E-state index in [9.17, 15) is 4.79 Å². The highest BCUT2D eigenvalue weighted by atomic mass is 16.1. The molecule has 0 saturated heterocycles. The zero-order chi connectivity index (χ0) is 11.2. The van der Waals surface area contributed by atoms with Gasteiger partial charge in [-0.1, -0.05) is 25.3 Å². The second-order valence-electron chi connectivity index (χ2n) is 4.35. The van der Waals surface area contributed by atoms with Gasteiger partial charge in [0.05, 0.1) is 0 Å². The van der Waals surface area contributed by atoms with Crippen LogP contribution in [0.1, 0.15) is 37.7 Å². The van der Waals surface area contributed by atoms with Gasteiger partial charge in [0.25, 0.3) is 0 Å². The molecule has 0 N–H and O–H groups in total. The smallest absolute Gasteiger partial charge is 0.158 e. The van der Waals surface area contributed by atoms with Gasteiger partial charge >= 0.3 is 0 Å². The van der Waals surface area contributed by atoms with Crippen molar-refractivity contribution in [3.05, 3.63) is 36.2 Å². The molecule has 84 valence electrons. The monoisotopic (exact) mass is 215 g/mol. The van der Waals surface area contributed by atoms with Gasteiger partial charge in [-0.2, -0.15) is 0 Å². The van der Waals surface area contributed by atoms with E-state index in [1.165, 1.54) is 19.3 Å². The maximum Gasteiger partial charge on any atom is 0.158 e. The van der Waals surface area contributed by atoms with Gasteiger partial charge in [-0.05, 0) is 36.6 Å². The number of carbonyl (C=O) groups is 1. The van der Waals surface area contributed by atoms with Gasteiger partial charge in [-0.3, -0.25) is 9.78 Å². The summed E-state index contributed by atoms with van der Waals surface area (Å²) in [5, 5.41) is 0. The van der Waals surface area contributed by atoms with Gasteiger partial charge in [-0.25, -0.2) is 0 Å². The van der Waals surface area contributed by atoms with E-state index >= 15 is 0 Å². The second kappa shape index (κ2) is 5.59. The Balaban J connectivity index is 1.93. The van der Waals surface area contributed by atoms with E-state index in [4.69, 9.17) is 0 Å². The minimum Gasteiger partial charge on any atom is -0.295 e. The summed E-state index contributed by atoms with van der Waals surface area (Å²) in [4.78, 5) is 15.8. The summed E-state index contributed by atoms with van der Waals surface area (Å²) in [6, 6.07) is 3.81. The molecule has 0 amide bonds. The van der Waals surface area contributed by atoms with Gasteiger partial charge in [0.15, 0.2) is 5.78 Å². The van der Waals surface area contributed by atoms with Gasteiger partial charge in [0.1, 0.15) is 0 Å². The fraction of sp³-hybridized carbons (Fsp3) is 0.429. The van der Waals surface area contributed by atoms with Crippen LogP contribution in [-0.2, 0) is 4.79 Å². The third-order valence-electron chi connectivity index (χ3n) is 3.15. The predicted octanol–water partition coefficient (Wildman–Crippen LogP) is 3.24. The van der Waals surface area contributed by atoms with Crippen LogP contribution < -0.4 is 0 Å². The molecule has 1 fully saturated rings. The summed E-state index contributed by atoms with van der Waals surface area (Å²) >= 11 is 0. The lowest BCUT2D eigenvalue weighted by Gasteiger charge is -2.18. The molecule has 1 aliphatic rings. The minimum atomic E-state index is 0.270. The zero-order valence-electron chi connectivity index (χ0n) is 9.43. The van der Waals surface area contributed by atoms with Crippen molar-refractivity contribution < 1.29 is 4.79 Å². The molecule has 2 nitrogen and oxygen atoms in total. The largest absolute Gasteiger partial charge is 0.295 e. The Morgan fingerprint density at radius 1 is 1.19 bits per heavy atom. The molecule has 0 aromatic carbocycles. The normalized spacial score (nSPS) is 17.8. The number of pyridine rings is 1. The Labute approximate surface area is 96.4 Å². The van der Waals surface area contributed by atoms with E-state index in [0.717, 1.165) is 18.4 Å². The fourth-order valence-corrected chi connectivity index (χ4v) is 2.18. The SMILES string of the molecule is O=C(C=Cc1ccncc1)C1CCCCC1. The number of allylic oxidation sites excluding steroid dienone is 1. The van der Waals surface area contributed by atoms with E-state index in [1.54, 1.807) is 18.5 Å². The third kappa shape index (κ3) is 3.02. The van der Waals surface area contributed by atoms with Crippen molar-refractivity contribution in [3.8, 4) is 0 Å². The van der Waals surface area contributed by atoms with Crippen molar-refractivity contribution in [1.82, 2.24) is 4.98 Å². The molecule has 1 heterocycles. The summed E-state index contributed by atoms with van der Waals surface area (Å²) in [5.41, 5.74) is 1.04. The average molecular weight is 215 g/mol. The van der Waals surface area contributed by atoms with Gasteiger partial charge in [-0.15, -0.1) is 0 Å². The number of aromatic nitrogens is 1. The standard InChI is InChI=1S/C14H17NO/c16-14(13-4-2-1-3-5-13)7-6-12-8-10-15-11-9-12/h6-11,13H,1-5H2. The number of hydrogen-bond acceptors (Lipinski definition) is 2. The topological polar surface area (TPSA) is 30.0 Å². The van der Waals surface area contributed by atoms with E-state index in [1.807, 2.05) is 18.2 Å². The number of rotatable bonds is 3. The maximum atomic E-state index is 11.9. The van der Waals surface area contributed by atoms with E-state index in [2.05, 4.69) is 4.98 Å². The molecule has 2 heteroatoms. The minimum absolute atomic E-state index is 0.270. The van der Waals surface area contributed by atoms with Crippen LogP contribution in [0.15, 0.2) is 30.6 Å². The number of nitrogens with zero attached hydrogens (tertiary/aromatic N) is 1. The highest BCUT2D eigenvalue weighted by molar-refractivity contribution is 5.95. The zero-order valence-corrected chi connectivity index (χ0v) is 9.43. The molecule has 1 aliphatic carbocycles. The molecule has 16 heavy (non-hydrogen) atoms. The summed E-state index contributed by atoms with van der Waals surface area (Å²) in [7, 11) is 0. The average Bonchev–Trinajstić information content (AvgIpc) is 2.38. The Kier molecular flexibility index (Phi) is 3.86. The molecule has 1 aromatic rings. The van der Waals surface area contributed by atoms with Crippen molar-refractivity contribution in [2.45, 2.75) is 32.1 Å². The van der Waals surface area contributed by atoms with Crippen LogP contribution in [-0.4, -0.2) is 10.8 Å². The lowest BCUT2D eigenvalue weighted by Crippen LogP contribution is -2.15. The van der Waals surface area contributed by atoms with Crippen LogP contribution in [0.4, 0.5) is 0 Å². The van der Waals surface area contributed by atoms with Crippen LogP contribution >= 0.6 is 0 Å². The highest BCUT2D eigenvalue weighted by Gasteiger charge is 2.18. The summed E-state index contributed by atoms with van der Waals surface area (Å²) < 4.78 is 0. The third-order valence-corrected chi connectivity index (χ3v) is 3.15. The molecule has 2 rings (SSSR count). The lowest BCUT2D eigenvalue weighted by atomic mass is 9.86. The van der Waals surface area contributed by atoms with Crippen molar-refractivity contribution >= 4 is 11.9 Å². The Bertz CT molecular complexity index is 364. The second-order valence-corrected chi connectivity index (χ2v) is 4.35. The molecule has 0 atom stereocenters. The molecule has 0 unspecified atom stereocenters. The first kappa shape index (κ1) is 11.1. The van der Waals surface area contributed by atoms with Crippen molar-refractivity contribution in [3.63, 3.8) is 0 Å². The van der Waals surface area contributed by atoms with Crippen molar-refractivity contribution in [2.24, 2.45) is 5.92 Å². The Hall–Kier alpha value is -1.44. The molecule has 0 radical (unpaired) electrons. The molecule has 1 saturated carbocycles. The summed E-state index contributed by atoms with van der Waals surface area (Å²) in [5.74, 6) is 0.559. The fourth-order valence-electron chi connectivity index (χ4n) is 2.18. The first-order valence-corrected chi connectivity index (χ1v) is 5.98. The van der Waals surface area contributed by atoms with Crippen LogP contribution in [0.2, 0.25) is 0 Å². The predicted molar refractivity (Wildman–Crippen MR) is 64.9 cm³/mol. The number of carbonyl (C=O) groups excluding carboxylic acids is 1. The van der Waals surface area contributed by atoms with Crippen LogP contribution in [0.25, 0.3) is 6.08 Å². The maximum absolute atomic E-state index is 11.9. The Morgan fingerprint density at radius 3 is 2.56 bits per heavy atom. The number of hydrogen-bond donors (Lipinski definition) is 0. The summed E-state index contributed by atoms with van der Waals surface area (Å²) in [6.07, 6.45) is 12.9. The molecular formula is C14H17NO. The van der Waals surface area contributed by atoms with Crippen LogP contribution in [0, 0.1) is 5.92 Å². The van der Waals surface area contributed by atoms with E-state index in [-0.39, 0.29) is 11.7 Å². The quantitative estimate of drug-likeness (QED) is 0.724. The highest BCUT2D eigenvalue weighted by Crippen LogP contribution is 2.24. The van der Waals surface area contributed by atoms with Crippen molar-refractivity contribution in [2.75, 3.05) is 0 Å². The Morgan fingerprint density at radius 2 is 1.88 bits per heavy atom. The molecule has 1 aromatic heterocycles. The molecule has 0 aliphatic heterocycles. The summed E-state index contributed by atoms with van der Waals surface area (Å²) in [6.45, 7) is 0. The molecule has 0 spiro atoms. The van der Waals surface area contributed by atoms with Gasteiger partial charge in [0.2, 0.25) is 0 Å². The lowest BCUT2D eigenvalue weighted by molar-refractivity contribution is -0.119. The molecular weight excluding hydrogens is 198 g/mol. The first-order valence-electron chi connectivity index (χ1n) is 5.98. The van der Waals surface area contributed by atoms with Gasteiger partial charge in [0, 0.05) is 18.3 Å². The van der Waals surface area contributed by atoms with Crippen LogP contribution in [0.3, 0.4) is 0 Å². The van der Waals surface area contributed by atoms with Crippen molar-refractivity contribution in [1.29, 1.82) is 0 Å². The van der Waals surface area contributed by atoms with E-state index in [0.29, 0.717) is 0 Å². The molecule has 0 bridgehead atoms. The van der Waals surface area contributed by atoms with Gasteiger partial charge < -0.3 is 0 Å². The number of ketones is 1. The van der Waals surface area contributed by atoms with E-state index < -0.39 is 0 Å².